The van der Waals surface area contributed by atoms with Crippen molar-refractivity contribution in [3.63, 3.8) is 0 Å². The van der Waals surface area contributed by atoms with Crippen molar-refractivity contribution in [3.8, 4) is 0 Å². The molecular formula is C31H38N2O2. The van der Waals surface area contributed by atoms with Gasteiger partial charge in [-0.1, -0.05) is 67.8 Å². The quantitative estimate of drug-likeness (QED) is 0.358. The Labute approximate surface area is 210 Å². The second kappa shape index (κ2) is 12.5. The number of Topliss-reactive ketones (excluding diaryl/α,β-unsaturated/α-hetero) is 2. The van der Waals surface area contributed by atoms with Crippen LogP contribution in [0.1, 0.15) is 69.6 Å². The fourth-order valence-electron chi connectivity index (χ4n) is 4.78. The van der Waals surface area contributed by atoms with Gasteiger partial charge in [0.25, 0.3) is 0 Å². The van der Waals surface area contributed by atoms with Crippen LogP contribution in [0.4, 0.5) is 0 Å². The highest BCUT2D eigenvalue weighted by Crippen LogP contribution is 2.28. The normalized spacial score (nSPS) is 17.1. The van der Waals surface area contributed by atoms with Crippen LogP contribution >= 0.6 is 0 Å². The van der Waals surface area contributed by atoms with Gasteiger partial charge in [0.15, 0.2) is 11.6 Å². The third-order valence-corrected chi connectivity index (χ3v) is 6.93. The van der Waals surface area contributed by atoms with Gasteiger partial charge >= 0.3 is 0 Å². The van der Waals surface area contributed by atoms with Crippen molar-refractivity contribution >= 4 is 23.5 Å². The number of rotatable bonds is 10. The molecule has 0 radical (unpaired) electrons. The average molecular weight is 471 g/mol. The SMILES string of the molecule is CCCc1ccc(CC(=O)C2=CC=C(C(C)CC(=O)C3=NC=CCC(C)=C3C=NC)CC2)cc1C. The number of aryl methyl sites for hydroxylation is 2. The molecule has 4 heteroatoms. The van der Waals surface area contributed by atoms with Crippen molar-refractivity contribution in [3.05, 3.63) is 81.6 Å². The van der Waals surface area contributed by atoms with Crippen molar-refractivity contribution in [1.82, 2.24) is 0 Å². The van der Waals surface area contributed by atoms with E-state index in [1.807, 2.05) is 19.1 Å². The first-order valence-corrected chi connectivity index (χ1v) is 12.7. The molecule has 0 saturated carbocycles. The van der Waals surface area contributed by atoms with Crippen molar-refractivity contribution in [2.24, 2.45) is 15.9 Å². The van der Waals surface area contributed by atoms with Gasteiger partial charge in [0, 0.05) is 37.9 Å². The molecule has 2 aliphatic rings. The molecule has 1 aliphatic heterocycles. The van der Waals surface area contributed by atoms with Crippen LogP contribution < -0.4 is 0 Å². The van der Waals surface area contributed by atoms with E-state index in [0.29, 0.717) is 18.6 Å². The Kier molecular flexibility index (Phi) is 9.47. The molecule has 1 unspecified atom stereocenters. The number of ketones is 2. The molecule has 0 saturated heterocycles. The summed E-state index contributed by atoms with van der Waals surface area (Å²) in [5, 5.41) is 0. The Morgan fingerprint density at radius 2 is 1.94 bits per heavy atom. The van der Waals surface area contributed by atoms with Gasteiger partial charge in [0.05, 0.1) is 0 Å². The van der Waals surface area contributed by atoms with E-state index in [2.05, 4.69) is 55.0 Å². The Hall–Kier alpha value is -3.14. The molecule has 184 valence electrons. The summed E-state index contributed by atoms with van der Waals surface area (Å²) in [5.74, 6) is 0.321. The molecule has 1 aromatic rings. The first-order valence-electron chi connectivity index (χ1n) is 12.7. The minimum atomic E-state index is 0.0342. The molecule has 0 aromatic heterocycles. The highest BCUT2D eigenvalue weighted by atomic mass is 16.1. The molecule has 0 N–H and O–H groups in total. The second-order valence-electron chi connectivity index (χ2n) is 9.72. The lowest BCUT2D eigenvalue weighted by atomic mass is 9.84. The summed E-state index contributed by atoms with van der Waals surface area (Å²) in [6, 6.07) is 6.41. The molecule has 0 amide bonds. The van der Waals surface area contributed by atoms with E-state index < -0.39 is 0 Å². The largest absolute Gasteiger partial charge is 0.296 e. The smallest absolute Gasteiger partial charge is 0.182 e. The van der Waals surface area contributed by atoms with Gasteiger partial charge < -0.3 is 0 Å². The highest BCUT2D eigenvalue weighted by molar-refractivity contribution is 6.50. The lowest BCUT2D eigenvalue weighted by Crippen LogP contribution is -2.22. The Bertz CT molecular complexity index is 1160. The third-order valence-electron chi connectivity index (χ3n) is 6.93. The first-order chi connectivity index (χ1) is 16.8. The maximum Gasteiger partial charge on any atom is 0.182 e. The molecule has 0 fully saturated rings. The molecule has 0 spiro atoms. The zero-order valence-electron chi connectivity index (χ0n) is 21.9. The zero-order chi connectivity index (χ0) is 25.4. The summed E-state index contributed by atoms with van der Waals surface area (Å²) in [6.07, 6.45) is 14.8. The van der Waals surface area contributed by atoms with E-state index in [1.165, 1.54) is 16.7 Å². The molecule has 4 nitrogen and oxygen atoms in total. The van der Waals surface area contributed by atoms with E-state index >= 15 is 0 Å². The van der Waals surface area contributed by atoms with E-state index in [4.69, 9.17) is 0 Å². The lowest BCUT2D eigenvalue weighted by Gasteiger charge is -2.20. The molecule has 0 bridgehead atoms. The summed E-state index contributed by atoms with van der Waals surface area (Å²) in [7, 11) is 1.71. The molecule has 1 aliphatic carbocycles. The predicted molar refractivity (Wildman–Crippen MR) is 146 cm³/mol. The average Bonchev–Trinajstić information content (AvgIpc) is 3.02. The van der Waals surface area contributed by atoms with Crippen molar-refractivity contribution in [2.75, 3.05) is 7.05 Å². The lowest BCUT2D eigenvalue weighted by molar-refractivity contribution is -0.115. The van der Waals surface area contributed by atoms with Gasteiger partial charge in [-0.15, -0.1) is 0 Å². The molecule has 35 heavy (non-hydrogen) atoms. The fraction of sp³-hybridized carbons (Fsp3) is 0.419. The summed E-state index contributed by atoms with van der Waals surface area (Å²) < 4.78 is 0. The Balaban J connectivity index is 1.65. The summed E-state index contributed by atoms with van der Waals surface area (Å²) in [5.41, 5.74) is 8.23. The second-order valence-corrected chi connectivity index (χ2v) is 9.72. The first kappa shape index (κ1) is 26.5. The van der Waals surface area contributed by atoms with E-state index in [-0.39, 0.29) is 17.5 Å². The third kappa shape index (κ3) is 6.94. The minimum Gasteiger partial charge on any atom is -0.296 e. The van der Waals surface area contributed by atoms with Gasteiger partial charge in [-0.3, -0.25) is 19.6 Å². The van der Waals surface area contributed by atoms with Crippen LogP contribution in [0, 0.1) is 12.8 Å². The molecular weight excluding hydrogens is 432 g/mol. The van der Waals surface area contributed by atoms with Gasteiger partial charge in [-0.05, 0) is 67.7 Å². The van der Waals surface area contributed by atoms with Crippen LogP contribution in [0.25, 0.3) is 0 Å². The van der Waals surface area contributed by atoms with E-state index in [9.17, 15) is 9.59 Å². The number of allylic oxidation sites excluding steroid dienone is 7. The fourth-order valence-corrected chi connectivity index (χ4v) is 4.78. The Morgan fingerprint density at radius 3 is 2.60 bits per heavy atom. The summed E-state index contributed by atoms with van der Waals surface area (Å²) in [4.78, 5) is 34.6. The van der Waals surface area contributed by atoms with Gasteiger partial charge in [-0.25, -0.2) is 0 Å². The van der Waals surface area contributed by atoms with E-state index in [0.717, 1.165) is 54.4 Å². The van der Waals surface area contributed by atoms with Crippen LogP contribution in [0.3, 0.4) is 0 Å². The van der Waals surface area contributed by atoms with E-state index in [1.54, 1.807) is 19.5 Å². The van der Waals surface area contributed by atoms with Gasteiger partial charge in [0.2, 0.25) is 0 Å². The van der Waals surface area contributed by atoms with Crippen LogP contribution in [-0.4, -0.2) is 30.5 Å². The van der Waals surface area contributed by atoms with Crippen LogP contribution in [0.2, 0.25) is 0 Å². The monoisotopic (exact) mass is 470 g/mol. The minimum absolute atomic E-state index is 0.0342. The van der Waals surface area contributed by atoms with Crippen LogP contribution in [-0.2, 0) is 22.4 Å². The van der Waals surface area contributed by atoms with Crippen molar-refractivity contribution < 1.29 is 9.59 Å². The van der Waals surface area contributed by atoms with Crippen LogP contribution in [0.15, 0.2) is 74.9 Å². The Morgan fingerprint density at radius 1 is 1.14 bits per heavy atom. The maximum atomic E-state index is 13.1. The number of hydrogen-bond acceptors (Lipinski definition) is 4. The standard InChI is InChI=1S/C31H38N2O2/c1-6-8-25-11-10-24(17-22(25)3)19-29(34)27-14-12-26(13-15-27)23(4)18-30(35)31-28(20-32-5)21(2)9-7-16-33-31/h7,10-12,14,16-17,20,23H,6,8-9,13,15,18-19H2,1-5H3. The highest BCUT2D eigenvalue weighted by Gasteiger charge is 2.23. The number of hydrogen-bond donors (Lipinski definition) is 0. The van der Waals surface area contributed by atoms with Crippen molar-refractivity contribution in [1.29, 1.82) is 0 Å². The number of aliphatic imine (C=N–C) groups is 2. The number of carbonyl (C=O) groups excluding carboxylic acids is 2. The number of carbonyl (C=O) groups is 2. The molecule has 1 aromatic carbocycles. The molecule has 3 rings (SSSR count). The zero-order valence-corrected chi connectivity index (χ0v) is 21.9. The summed E-state index contributed by atoms with van der Waals surface area (Å²) in [6.45, 7) is 8.42. The number of benzene rings is 1. The maximum absolute atomic E-state index is 13.1. The molecule has 1 heterocycles. The number of nitrogens with zero attached hydrogens (tertiary/aromatic N) is 2. The van der Waals surface area contributed by atoms with Gasteiger partial charge in [-0.2, -0.15) is 0 Å². The summed E-state index contributed by atoms with van der Waals surface area (Å²) >= 11 is 0. The van der Waals surface area contributed by atoms with Crippen LogP contribution in [0.5, 0.6) is 0 Å². The van der Waals surface area contributed by atoms with Crippen molar-refractivity contribution in [2.45, 2.75) is 72.6 Å². The topological polar surface area (TPSA) is 58.9 Å². The molecule has 1 atom stereocenters. The predicted octanol–water partition coefficient (Wildman–Crippen LogP) is 6.68. The van der Waals surface area contributed by atoms with Gasteiger partial charge in [0.1, 0.15) is 5.71 Å².